The van der Waals surface area contributed by atoms with Crippen LogP contribution in [-0.2, 0) is 0 Å². The first-order valence-electron chi connectivity index (χ1n) is 4.90. The van der Waals surface area contributed by atoms with Crippen molar-refractivity contribution in [2.24, 2.45) is 0 Å². The van der Waals surface area contributed by atoms with Crippen LogP contribution >= 0.6 is 0 Å². The summed E-state index contributed by atoms with van der Waals surface area (Å²) >= 11 is 0. The number of aromatic nitrogens is 2. The van der Waals surface area contributed by atoms with Crippen LogP contribution in [-0.4, -0.2) is 23.5 Å². The van der Waals surface area contributed by atoms with Gasteiger partial charge in [0.25, 0.3) is 0 Å². The third-order valence-electron chi connectivity index (χ3n) is 1.94. The van der Waals surface area contributed by atoms with E-state index in [2.05, 4.69) is 29.1 Å². The van der Waals surface area contributed by atoms with Crippen molar-refractivity contribution in [3.8, 4) is 0 Å². The molecule has 0 aliphatic rings. The summed E-state index contributed by atoms with van der Waals surface area (Å²) in [6.07, 6.45) is 5.16. The second-order valence-electron chi connectivity index (χ2n) is 3.10. The standard InChI is InChI=1S/C9H17N3O/c1-3-5-7-12(6-4-2)9-8-10-11-13-9/h8H,3-7H2,1-2H3. The van der Waals surface area contributed by atoms with Crippen molar-refractivity contribution in [1.82, 2.24) is 10.4 Å². The lowest BCUT2D eigenvalue weighted by Gasteiger charge is -2.19. The number of anilines is 1. The van der Waals surface area contributed by atoms with Crippen molar-refractivity contribution in [2.75, 3.05) is 18.0 Å². The molecule has 1 heterocycles. The van der Waals surface area contributed by atoms with Crippen LogP contribution in [0.3, 0.4) is 0 Å². The summed E-state index contributed by atoms with van der Waals surface area (Å²) in [5.74, 6) is 0.787. The minimum absolute atomic E-state index is 0.787. The first-order valence-corrected chi connectivity index (χ1v) is 4.90. The molecule has 0 fully saturated rings. The second kappa shape index (κ2) is 5.56. The molecule has 0 saturated heterocycles. The Bertz CT molecular complexity index is 211. The molecule has 0 aromatic carbocycles. The Morgan fingerprint density at radius 2 is 2.15 bits per heavy atom. The van der Waals surface area contributed by atoms with Crippen LogP contribution in [0.4, 0.5) is 5.88 Å². The summed E-state index contributed by atoms with van der Waals surface area (Å²) in [5.41, 5.74) is 0. The van der Waals surface area contributed by atoms with Gasteiger partial charge in [-0.25, -0.2) is 0 Å². The number of unbranched alkanes of at least 4 members (excludes halogenated alkanes) is 1. The van der Waals surface area contributed by atoms with Crippen LogP contribution in [0.5, 0.6) is 0 Å². The molecule has 4 nitrogen and oxygen atoms in total. The molecule has 0 amide bonds. The fraction of sp³-hybridized carbons (Fsp3) is 0.778. The van der Waals surface area contributed by atoms with Gasteiger partial charge in [0.15, 0.2) is 0 Å². The molecule has 1 aromatic rings. The van der Waals surface area contributed by atoms with E-state index in [1.54, 1.807) is 6.20 Å². The van der Waals surface area contributed by atoms with Crippen molar-refractivity contribution in [1.29, 1.82) is 0 Å². The monoisotopic (exact) mass is 183 g/mol. The van der Waals surface area contributed by atoms with Gasteiger partial charge in [0.05, 0.1) is 0 Å². The van der Waals surface area contributed by atoms with E-state index in [-0.39, 0.29) is 0 Å². The molecule has 0 spiro atoms. The summed E-state index contributed by atoms with van der Waals surface area (Å²) in [4.78, 5) is 2.18. The minimum atomic E-state index is 0.787. The Labute approximate surface area is 78.9 Å². The van der Waals surface area contributed by atoms with E-state index in [1.807, 2.05) is 0 Å². The zero-order valence-corrected chi connectivity index (χ0v) is 8.36. The number of nitrogens with zero attached hydrogens (tertiary/aromatic N) is 3. The van der Waals surface area contributed by atoms with E-state index >= 15 is 0 Å². The zero-order chi connectivity index (χ0) is 9.52. The topological polar surface area (TPSA) is 42.2 Å². The van der Waals surface area contributed by atoms with Gasteiger partial charge in [-0.2, -0.15) is 0 Å². The van der Waals surface area contributed by atoms with Crippen molar-refractivity contribution in [3.63, 3.8) is 0 Å². The Morgan fingerprint density at radius 1 is 1.31 bits per heavy atom. The normalized spacial score (nSPS) is 10.3. The lowest BCUT2D eigenvalue weighted by atomic mass is 10.3. The summed E-state index contributed by atoms with van der Waals surface area (Å²) in [6.45, 7) is 6.38. The lowest BCUT2D eigenvalue weighted by Crippen LogP contribution is -2.24. The Morgan fingerprint density at radius 3 is 2.69 bits per heavy atom. The third kappa shape index (κ3) is 3.05. The SMILES string of the molecule is CCCCN(CCC)c1cnno1. The molecule has 0 bridgehead atoms. The lowest BCUT2D eigenvalue weighted by molar-refractivity contribution is 0.389. The van der Waals surface area contributed by atoms with E-state index in [1.165, 1.54) is 12.8 Å². The maximum Gasteiger partial charge on any atom is 0.247 e. The highest BCUT2D eigenvalue weighted by Gasteiger charge is 2.08. The van der Waals surface area contributed by atoms with Gasteiger partial charge in [-0.15, -0.1) is 5.10 Å². The molecule has 1 aromatic heterocycles. The highest BCUT2D eigenvalue weighted by Crippen LogP contribution is 2.11. The van der Waals surface area contributed by atoms with Gasteiger partial charge in [-0.3, -0.25) is 0 Å². The van der Waals surface area contributed by atoms with Crippen LogP contribution in [0, 0.1) is 0 Å². The smallest absolute Gasteiger partial charge is 0.247 e. The summed E-state index contributed by atoms with van der Waals surface area (Å²) in [7, 11) is 0. The molecule has 0 aliphatic heterocycles. The first-order chi connectivity index (χ1) is 6.38. The summed E-state index contributed by atoms with van der Waals surface area (Å²) in [5, 5.41) is 7.14. The predicted molar refractivity (Wildman–Crippen MR) is 51.7 cm³/mol. The zero-order valence-electron chi connectivity index (χ0n) is 8.36. The average Bonchev–Trinajstić information content (AvgIpc) is 2.65. The van der Waals surface area contributed by atoms with Crippen molar-refractivity contribution >= 4 is 5.88 Å². The van der Waals surface area contributed by atoms with E-state index in [0.717, 1.165) is 25.4 Å². The minimum Gasteiger partial charge on any atom is -0.339 e. The van der Waals surface area contributed by atoms with Crippen molar-refractivity contribution in [3.05, 3.63) is 6.20 Å². The maximum absolute atomic E-state index is 5.01. The second-order valence-corrected chi connectivity index (χ2v) is 3.10. The van der Waals surface area contributed by atoms with Crippen LogP contribution in [0.25, 0.3) is 0 Å². The molecular weight excluding hydrogens is 166 g/mol. The molecule has 0 saturated carbocycles. The molecule has 1 rings (SSSR count). The molecule has 0 aliphatic carbocycles. The fourth-order valence-electron chi connectivity index (χ4n) is 1.25. The average molecular weight is 183 g/mol. The highest BCUT2D eigenvalue weighted by molar-refractivity contribution is 5.29. The van der Waals surface area contributed by atoms with Crippen LogP contribution in [0.2, 0.25) is 0 Å². The van der Waals surface area contributed by atoms with Crippen LogP contribution < -0.4 is 4.90 Å². The fourth-order valence-corrected chi connectivity index (χ4v) is 1.25. The Hall–Kier alpha value is -1.06. The molecule has 0 atom stereocenters. The maximum atomic E-state index is 5.01. The van der Waals surface area contributed by atoms with Gasteiger partial charge in [0.2, 0.25) is 5.88 Å². The number of hydrogen-bond donors (Lipinski definition) is 0. The van der Waals surface area contributed by atoms with Gasteiger partial charge in [0.1, 0.15) is 6.20 Å². The van der Waals surface area contributed by atoms with E-state index in [9.17, 15) is 0 Å². The summed E-state index contributed by atoms with van der Waals surface area (Å²) < 4.78 is 5.01. The molecule has 74 valence electrons. The summed E-state index contributed by atoms with van der Waals surface area (Å²) in [6, 6.07) is 0. The first kappa shape index (κ1) is 10.0. The molecule has 13 heavy (non-hydrogen) atoms. The van der Waals surface area contributed by atoms with E-state index in [0.29, 0.717) is 0 Å². The van der Waals surface area contributed by atoms with Gasteiger partial charge in [0, 0.05) is 18.4 Å². The number of hydrogen-bond acceptors (Lipinski definition) is 4. The molecule has 0 radical (unpaired) electrons. The largest absolute Gasteiger partial charge is 0.339 e. The molecule has 4 heteroatoms. The van der Waals surface area contributed by atoms with Gasteiger partial charge in [-0.05, 0) is 12.8 Å². The van der Waals surface area contributed by atoms with Crippen LogP contribution in [0.1, 0.15) is 33.1 Å². The van der Waals surface area contributed by atoms with Crippen LogP contribution in [0.15, 0.2) is 10.7 Å². The van der Waals surface area contributed by atoms with Gasteiger partial charge < -0.3 is 9.42 Å². The van der Waals surface area contributed by atoms with Gasteiger partial charge >= 0.3 is 0 Å². The molecular formula is C9H17N3O. The Kier molecular flexibility index (Phi) is 4.29. The molecule has 0 unspecified atom stereocenters. The quantitative estimate of drug-likeness (QED) is 0.677. The molecule has 0 N–H and O–H groups in total. The van der Waals surface area contributed by atoms with E-state index < -0.39 is 0 Å². The van der Waals surface area contributed by atoms with E-state index in [4.69, 9.17) is 4.52 Å². The third-order valence-corrected chi connectivity index (χ3v) is 1.94. The Balaban J connectivity index is 2.47. The highest BCUT2D eigenvalue weighted by atomic mass is 16.5. The van der Waals surface area contributed by atoms with Crippen molar-refractivity contribution in [2.45, 2.75) is 33.1 Å². The van der Waals surface area contributed by atoms with Crippen molar-refractivity contribution < 1.29 is 4.52 Å². The number of rotatable bonds is 6. The van der Waals surface area contributed by atoms with Gasteiger partial charge in [-0.1, -0.05) is 20.3 Å². The predicted octanol–water partition coefficient (Wildman–Crippen LogP) is 2.09.